The lowest BCUT2D eigenvalue weighted by Gasteiger charge is -2.18. The van der Waals surface area contributed by atoms with Gasteiger partial charge in [0, 0.05) is 6.04 Å². The molecule has 3 N–H and O–H groups in total. The molecule has 106 valence electrons. The molecule has 19 heavy (non-hydrogen) atoms. The van der Waals surface area contributed by atoms with Crippen molar-refractivity contribution >= 4 is 17.3 Å². The van der Waals surface area contributed by atoms with Gasteiger partial charge in [-0.2, -0.15) is 13.2 Å². The van der Waals surface area contributed by atoms with Gasteiger partial charge in [0.05, 0.1) is 30.5 Å². The number of hydrogen-bond acceptors (Lipinski definition) is 4. The van der Waals surface area contributed by atoms with Gasteiger partial charge in [-0.1, -0.05) is 0 Å². The Balaban J connectivity index is 2.78. The van der Waals surface area contributed by atoms with Gasteiger partial charge in [0.25, 0.3) is 0 Å². The average Bonchev–Trinajstić information content (AvgIpc) is 2.28. The number of anilines is 2. The third-order valence-electron chi connectivity index (χ3n) is 2.41. The molecule has 0 aliphatic heterocycles. The summed E-state index contributed by atoms with van der Waals surface area (Å²) in [6.45, 7) is 1.40. The maximum Gasteiger partial charge on any atom is 0.391 e. The first-order chi connectivity index (χ1) is 8.73. The zero-order valence-electron chi connectivity index (χ0n) is 10.5. The number of carbonyl (C=O) groups excluding carboxylic acids is 1. The molecule has 0 amide bonds. The Labute approximate surface area is 108 Å². The molecule has 1 unspecified atom stereocenters. The van der Waals surface area contributed by atoms with Crippen molar-refractivity contribution in [2.45, 2.75) is 25.6 Å². The predicted molar refractivity (Wildman–Crippen MR) is 66.0 cm³/mol. The van der Waals surface area contributed by atoms with Crippen LogP contribution in [0, 0.1) is 0 Å². The van der Waals surface area contributed by atoms with Crippen LogP contribution in [0.15, 0.2) is 18.2 Å². The first-order valence-corrected chi connectivity index (χ1v) is 5.54. The molecule has 0 aromatic heterocycles. The fraction of sp³-hybridized carbons (Fsp3) is 0.417. The number of nitrogen functional groups attached to an aromatic ring is 1. The maximum absolute atomic E-state index is 12.2. The molecule has 1 rings (SSSR count). The van der Waals surface area contributed by atoms with E-state index in [1.165, 1.54) is 32.2 Å². The van der Waals surface area contributed by atoms with Crippen molar-refractivity contribution < 1.29 is 22.7 Å². The van der Waals surface area contributed by atoms with Gasteiger partial charge in [-0.15, -0.1) is 0 Å². The van der Waals surface area contributed by atoms with Crippen LogP contribution in [-0.2, 0) is 4.74 Å². The predicted octanol–water partition coefficient (Wildman–Crippen LogP) is 2.81. The van der Waals surface area contributed by atoms with E-state index < -0.39 is 24.6 Å². The molecule has 0 aliphatic carbocycles. The number of esters is 1. The number of methoxy groups -OCH3 is 1. The van der Waals surface area contributed by atoms with Crippen molar-refractivity contribution in [3.63, 3.8) is 0 Å². The van der Waals surface area contributed by atoms with Crippen LogP contribution in [0.2, 0.25) is 0 Å². The second-order valence-electron chi connectivity index (χ2n) is 4.16. The maximum atomic E-state index is 12.2. The lowest BCUT2D eigenvalue weighted by Crippen LogP contribution is -2.24. The van der Waals surface area contributed by atoms with Gasteiger partial charge in [0.15, 0.2) is 0 Å². The van der Waals surface area contributed by atoms with Crippen LogP contribution in [0.1, 0.15) is 23.7 Å². The summed E-state index contributed by atoms with van der Waals surface area (Å²) in [4.78, 5) is 11.2. The molecular formula is C12H15F3N2O2. The van der Waals surface area contributed by atoms with E-state index in [1.54, 1.807) is 0 Å². The molecule has 0 heterocycles. The zero-order valence-corrected chi connectivity index (χ0v) is 10.5. The van der Waals surface area contributed by atoms with Gasteiger partial charge in [0.2, 0.25) is 0 Å². The normalized spacial score (nSPS) is 12.9. The molecule has 7 heteroatoms. The van der Waals surface area contributed by atoms with Gasteiger partial charge < -0.3 is 15.8 Å². The van der Waals surface area contributed by atoms with Crippen molar-refractivity contribution in [2.24, 2.45) is 0 Å². The van der Waals surface area contributed by atoms with Crippen LogP contribution in [0.4, 0.5) is 24.5 Å². The van der Waals surface area contributed by atoms with Gasteiger partial charge in [0.1, 0.15) is 0 Å². The number of ether oxygens (including phenoxy) is 1. The number of halogens is 3. The fourth-order valence-corrected chi connectivity index (χ4v) is 1.60. The van der Waals surface area contributed by atoms with Crippen LogP contribution in [0.3, 0.4) is 0 Å². The first kappa shape index (κ1) is 15.1. The van der Waals surface area contributed by atoms with E-state index in [9.17, 15) is 18.0 Å². The highest BCUT2D eigenvalue weighted by Gasteiger charge is 2.30. The van der Waals surface area contributed by atoms with E-state index in [4.69, 9.17) is 5.73 Å². The molecule has 1 atom stereocenters. The lowest BCUT2D eigenvalue weighted by molar-refractivity contribution is -0.136. The molecule has 0 aliphatic rings. The first-order valence-electron chi connectivity index (χ1n) is 5.54. The van der Waals surface area contributed by atoms with Crippen molar-refractivity contribution in [1.29, 1.82) is 0 Å². The van der Waals surface area contributed by atoms with Crippen LogP contribution in [-0.4, -0.2) is 25.3 Å². The van der Waals surface area contributed by atoms with E-state index in [0.717, 1.165) is 0 Å². The smallest absolute Gasteiger partial charge is 0.391 e. The monoisotopic (exact) mass is 276 g/mol. The fourth-order valence-electron chi connectivity index (χ4n) is 1.60. The number of carbonyl (C=O) groups is 1. The summed E-state index contributed by atoms with van der Waals surface area (Å²) in [7, 11) is 1.23. The summed E-state index contributed by atoms with van der Waals surface area (Å²) in [5.74, 6) is -0.554. The van der Waals surface area contributed by atoms with E-state index in [-0.39, 0.29) is 11.3 Å². The van der Waals surface area contributed by atoms with Gasteiger partial charge >= 0.3 is 12.1 Å². The summed E-state index contributed by atoms with van der Waals surface area (Å²) in [5.41, 5.74) is 6.46. The summed E-state index contributed by atoms with van der Waals surface area (Å²) < 4.78 is 41.1. The summed E-state index contributed by atoms with van der Waals surface area (Å²) in [6.07, 6.45) is -5.21. The van der Waals surface area contributed by atoms with E-state index in [2.05, 4.69) is 10.1 Å². The number of rotatable bonds is 4. The molecule has 0 saturated heterocycles. The van der Waals surface area contributed by atoms with Crippen molar-refractivity contribution in [3.05, 3.63) is 23.8 Å². The number of benzene rings is 1. The molecule has 4 nitrogen and oxygen atoms in total. The Morgan fingerprint density at radius 2 is 2.11 bits per heavy atom. The molecule has 0 fully saturated rings. The van der Waals surface area contributed by atoms with Crippen LogP contribution < -0.4 is 11.1 Å². The Hall–Kier alpha value is -1.92. The molecule has 0 radical (unpaired) electrons. The van der Waals surface area contributed by atoms with Crippen LogP contribution in [0.5, 0.6) is 0 Å². The van der Waals surface area contributed by atoms with Crippen LogP contribution >= 0.6 is 0 Å². The van der Waals surface area contributed by atoms with Gasteiger partial charge in [-0.3, -0.25) is 0 Å². The third kappa shape index (κ3) is 4.69. The number of alkyl halides is 3. The Kier molecular flexibility index (Phi) is 4.63. The van der Waals surface area contributed by atoms with E-state index in [0.29, 0.717) is 5.69 Å². The molecule has 1 aromatic carbocycles. The molecule has 1 aromatic rings. The van der Waals surface area contributed by atoms with E-state index in [1.807, 2.05) is 0 Å². The second kappa shape index (κ2) is 5.81. The Bertz CT molecular complexity index is 461. The number of hydrogen-bond donors (Lipinski definition) is 2. The summed E-state index contributed by atoms with van der Waals surface area (Å²) in [6, 6.07) is 3.43. The molecular weight excluding hydrogens is 261 g/mol. The number of nitrogens with two attached hydrogens (primary N) is 1. The quantitative estimate of drug-likeness (QED) is 0.655. The standard InChI is InChI=1S/C12H15F3N2O2/c1-7(6-12(13,14)15)17-10-4-3-8(5-9(10)16)11(18)19-2/h3-5,7,17H,6,16H2,1-2H3. The Morgan fingerprint density at radius 1 is 1.47 bits per heavy atom. The Morgan fingerprint density at radius 3 is 2.58 bits per heavy atom. The average molecular weight is 276 g/mol. The summed E-state index contributed by atoms with van der Waals surface area (Å²) >= 11 is 0. The molecule has 0 bridgehead atoms. The van der Waals surface area contributed by atoms with Crippen LogP contribution in [0.25, 0.3) is 0 Å². The highest BCUT2D eigenvalue weighted by molar-refractivity contribution is 5.91. The molecule has 0 spiro atoms. The third-order valence-corrected chi connectivity index (χ3v) is 2.41. The number of nitrogens with one attached hydrogen (secondary N) is 1. The highest BCUT2D eigenvalue weighted by atomic mass is 19.4. The van der Waals surface area contributed by atoms with Gasteiger partial charge in [-0.25, -0.2) is 4.79 Å². The van der Waals surface area contributed by atoms with Crippen molar-refractivity contribution in [2.75, 3.05) is 18.2 Å². The van der Waals surface area contributed by atoms with Crippen molar-refractivity contribution in [3.8, 4) is 0 Å². The second-order valence-corrected chi connectivity index (χ2v) is 4.16. The topological polar surface area (TPSA) is 64.3 Å². The molecule has 0 saturated carbocycles. The van der Waals surface area contributed by atoms with Gasteiger partial charge in [-0.05, 0) is 25.1 Å². The largest absolute Gasteiger partial charge is 0.465 e. The van der Waals surface area contributed by atoms with E-state index >= 15 is 0 Å². The lowest BCUT2D eigenvalue weighted by atomic mass is 10.1. The SMILES string of the molecule is COC(=O)c1ccc(NC(C)CC(F)(F)F)c(N)c1. The minimum absolute atomic E-state index is 0.192. The highest BCUT2D eigenvalue weighted by Crippen LogP contribution is 2.26. The minimum Gasteiger partial charge on any atom is -0.465 e. The zero-order chi connectivity index (χ0) is 14.6. The summed E-state index contributed by atoms with van der Waals surface area (Å²) in [5, 5.41) is 2.65. The van der Waals surface area contributed by atoms with Crippen molar-refractivity contribution in [1.82, 2.24) is 0 Å². The minimum atomic E-state index is -4.24.